The first kappa shape index (κ1) is 15.6. The Morgan fingerprint density at radius 1 is 1.08 bits per heavy atom. The summed E-state index contributed by atoms with van der Waals surface area (Å²) in [6.07, 6.45) is -0.291. The van der Waals surface area contributed by atoms with Gasteiger partial charge in [0.05, 0.1) is 5.52 Å². The highest BCUT2D eigenvalue weighted by atomic mass is 19.4. The number of alkyl halides is 3. The summed E-state index contributed by atoms with van der Waals surface area (Å²) >= 11 is 0. The van der Waals surface area contributed by atoms with Gasteiger partial charge in [0.1, 0.15) is 11.4 Å². The van der Waals surface area contributed by atoms with Gasteiger partial charge in [-0.1, -0.05) is 6.07 Å². The molecule has 8 heteroatoms. The number of benzene rings is 1. The number of pyridine rings is 1. The molecule has 128 valence electrons. The van der Waals surface area contributed by atoms with Gasteiger partial charge in [-0.15, -0.1) is 0 Å². The number of nitrogens with zero attached hydrogens (tertiary/aromatic N) is 3. The number of nitrogens with one attached hydrogen (secondary N) is 2. The topological polar surface area (TPSA) is 62.7 Å². The van der Waals surface area contributed by atoms with Crippen LogP contribution in [0.4, 0.5) is 30.6 Å². The van der Waals surface area contributed by atoms with Gasteiger partial charge < -0.3 is 10.6 Å². The molecule has 0 bridgehead atoms. The lowest BCUT2D eigenvalue weighted by atomic mass is 10.2. The van der Waals surface area contributed by atoms with Crippen LogP contribution in [-0.2, 0) is 6.18 Å². The molecule has 1 saturated carbocycles. The van der Waals surface area contributed by atoms with Crippen molar-refractivity contribution >= 4 is 28.4 Å². The molecule has 0 atom stereocenters. The van der Waals surface area contributed by atoms with E-state index in [4.69, 9.17) is 0 Å². The van der Waals surface area contributed by atoms with Crippen molar-refractivity contribution in [2.24, 2.45) is 0 Å². The largest absolute Gasteiger partial charge is 0.421 e. The Bertz CT molecular complexity index is 922. The molecule has 0 unspecified atom stereocenters. The van der Waals surface area contributed by atoms with Gasteiger partial charge in [-0.05, 0) is 37.1 Å². The molecular formula is C17H14F3N5. The summed E-state index contributed by atoms with van der Waals surface area (Å²) in [4.78, 5) is 12.1. The predicted molar refractivity (Wildman–Crippen MR) is 88.7 cm³/mol. The smallest absolute Gasteiger partial charge is 0.367 e. The Morgan fingerprint density at radius 3 is 2.68 bits per heavy atom. The third-order valence-corrected chi connectivity index (χ3v) is 3.87. The first-order valence-electron chi connectivity index (χ1n) is 7.81. The summed E-state index contributed by atoms with van der Waals surface area (Å²) in [7, 11) is 0. The minimum absolute atomic E-state index is 0.0515. The van der Waals surface area contributed by atoms with Crippen LogP contribution in [-0.4, -0.2) is 21.0 Å². The van der Waals surface area contributed by atoms with Crippen LogP contribution in [0.25, 0.3) is 10.9 Å². The van der Waals surface area contributed by atoms with Gasteiger partial charge in [0.25, 0.3) is 0 Å². The average molecular weight is 345 g/mol. The Morgan fingerprint density at radius 2 is 1.92 bits per heavy atom. The summed E-state index contributed by atoms with van der Waals surface area (Å²) in [5, 5.41) is 6.69. The van der Waals surface area contributed by atoms with Crippen molar-refractivity contribution in [1.29, 1.82) is 0 Å². The molecule has 1 aliphatic rings. The molecule has 3 aromatic rings. The Labute approximate surface area is 141 Å². The average Bonchev–Trinajstić information content (AvgIpc) is 3.38. The van der Waals surface area contributed by atoms with Gasteiger partial charge in [0, 0.05) is 29.5 Å². The monoisotopic (exact) mass is 345 g/mol. The second-order valence-corrected chi connectivity index (χ2v) is 5.91. The van der Waals surface area contributed by atoms with E-state index in [2.05, 4.69) is 25.6 Å². The number of halogens is 3. The van der Waals surface area contributed by atoms with Crippen LogP contribution in [0.15, 0.2) is 42.7 Å². The number of hydrogen-bond donors (Lipinski definition) is 2. The molecule has 0 spiro atoms. The van der Waals surface area contributed by atoms with Gasteiger partial charge in [-0.3, -0.25) is 4.98 Å². The molecule has 1 fully saturated rings. The molecule has 1 aromatic carbocycles. The minimum Gasteiger partial charge on any atom is -0.367 e. The molecule has 2 N–H and O–H groups in total. The fraction of sp³-hybridized carbons (Fsp3) is 0.235. The summed E-state index contributed by atoms with van der Waals surface area (Å²) in [6, 6.07) is 9.22. The number of aromatic nitrogens is 3. The van der Waals surface area contributed by atoms with Gasteiger partial charge in [-0.25, -0.2) is 4.98 Å². The lowest BCUT2D eigenvalue weighted by molar-refractivity contribution is -0.137. The summed E-state index contributed by atoms with van der Waals surface area (Å²) in [5.74, 6) is -0.0747. The first-order valence-corrected chi connectivity index (χ1v) is 7.81. The zero-order chi connectivity index (χ0) is 17.4. The second-order valence-electron chi connectivity index (χ2n) is 5.91. The highest BCUT2D eigenvalue weighted by molar-refractivity contribution is 5.82. The number of rotatable bonds is 4. The third kappa shape index (κ3) is 3.47. The van der Waals surface area contributed by atoms with Gasteiger partial charge in [0.2, 0.25) is 5.95 Å². The first-order chi connectivity index (χ1) is 12.0. The summed E-state index contributed by atoms with van der Waals surface area (Å²) in [5.41, 5.74) is 0.655. The van der Waals surface area contributed by atoms with Crippen LogP contribution in [0.2, 0.25) is 0 Å². The number of anilines is 3. The molecule has 0 radical (unpaired) electrons. The molecule has 1 aliphatic carbocycles. The van der Waals surface area contributed by atoms with E-state index < -0.39 is 11.7 Å². The zero-order valence-electron chi connectivity index (χ0n) is 13.0. The molecule has 4 rings (SSSR count). The van der Waals surface area contributed by atoms with E-state index in [0.717, 1.165) is 29.9 Å². The van der Waals surface area contributed by atoms with Crippen LogP contribution < -0.4 is 10.6 Å². The van der Waals surface area contributed by atoms with Crippen molar-refractivity contribution in [1.82, 2.24) is 15.0 Å². The van der Waals surface area contributed by atoms with Crippen molar-refractivity contribution in [2.45, 2.75) is 25.1 Å². The molecule has 2 heterocycles. The van der Waals surface area contributed by atoms with E-state index in [9.17, 15) is 13.2 Å². The van der Waals surface area contributed by atoms with Crippen molar-refractivity contribution < 1.29 is 13.2 Å². The molecule has 2 aromatic heterocycles. The Hall–Kier alpha value is -2.90. The zero-order valence-corrected chi connectivity index (χ0v) is 13.0. The molecule has 5 nitrogen and oxygen atoms in total. The second kappa shape index (κ2) is 5.87. The number of fused-ring (bicyclic) bond motifs is 1. The van der Waals surface area contributed by atoms with E-state index in [0.29, 0.717) is 5.69 Å². The summed E-state index contributed by atoms with van der Waals surface area (Å²) < 4.78 is 39.3. The Balaban J connectivity index is 1.64. The maximum absolute atomic E-state index is 13.1. The lowest BCUT2D eigenvalue weighted by Gasteiger charge is -2.14. The normalized spacial score (nSPS) is 14.5. The fourth-order valence-electron chi connectivity index (χ4n) is 2.46. The molecule has 0 amide bonds. The van der Waals surface area contributed by atoms with E-state index >= 15 is 0 Å². The maximum Gasteiger partial charge on any atom is 0.421 e. The van der Waals surface area contributed by atoms with Crippen LogP contribution >= 0.6 is 0 Å². The summed E-state index contributed by atoms with van der Waals surface area (Å²) in [6.45, 7) is 0. The van der Waals surface area contributed by atoms with Crippen molar-refractivity contribution in [2.75, 3.05) is 10.6 Å². The van der Waals surface area contributed by atoms with Crippen molar-refractivity contribution in [3.05, 3.63) is 48.3 Å². The quantitative estimate of drug-likeness (QED) is 0.735. The van der Waals surface area contributed by atoms with Crippen molar-refractivity contribution in [3.8, 4) is 0 Å². The van der Waals surface area contributed by atoms with Crippen LogP contribution in [0, 0.1) is 0 Å². The van der Waals surface area contributed by atoms with Crippen LogP contribution in [0.1, 0.15) is 18.4 Å². The predicted octanol–water partition coefficient (Wildman–Crippen LogP) is 4.36. The maximum atomic E-state index is 13.1. The SMILES string of the molecule is FC(F)(F)c1cnc(Nc2ccc3ncccc3c2)nc1NC1CC1. The van der Waals surface area contributed by atoms with Crippen molar-refractivity contribution in [3.63, 3.8) is 0 Å². The lowest BCUT2D eigenvalue weighted by Crippen LogP contribution is -2.15. The highest BCUT2D eigenvalue weighted by Crippen LogP contribution is 2.36. The standard InChI is InChI=1S/C17H14F3N5/c18-17(19,20)13-9-22-16(25-15(13)23-11-3-4-11)24-12-5-6-14-10(8-12)2-1-7-21-14/h1-2,5-9,11H,3-4H2,(H2,22,23,24,25). The van der Waals surface area contributed by atoms with Gasteiger partial charge >= 0.3 is 6.18 Å². The highest BCUT2D eigenvalue weighted by Gasteiger charge is 2.36. The van der Waals surface area contributed by atoms with Crippen LogP contribution in [0.5, 0.6) is 0 Å². The number of hydrogen-bond acceptors (Lipinski definition) is 5. The molecule has 0 aliphatic heterocycles. The fourth-order valence-corrected chi connectivity index (χ4v) is 2.46. The molecule has 25 heavy (non-hydrogen) atoms. The van der Waals surface area contributed by atoms with E-state index in [1.54, 1.807) is 12.3 Å². The van der Waals surface area contributed by atoms with E-state index in [1.165, 1.54) is 0 Å². The molecule has 0 saturated heterocycles. The molecular weight excluding hydrogens is 331 g/mol. The third-order valence-electron chi connectivity index (χ3n) is 3.87. The van der Waals surface area contributed by atoms with Gasteiger partial charge in [-0.2, -0.15) is 18.2 Å². The van der Waals surface area contributed by atoms with E-state index in [-0.39, 0.29) is 17.8 Å². The Kier molecular flexibility index (Phi) is 3.67. The van der Waals surface area contributed by atoms with Gasteiger partial charge in [0.15, 0.2) is 0 Å². The minimum atomic E-state index is -4.50. The van der Waals surface area contributed by atoms with Crippen LogP contribution in [0.3, 0.4) is 0 Å². The van der Waals surface area contributed by atoms with E-state index in [1.807, 2.05) is 24.3 Å².